The van der Waals surface area contributed by atoms with Crippen LogP contribution in [0.2, 0.25) is 0 Å². The van der Waals surface area contributed by atoms with Gasteiger partial charge < -0.3 is 10.2 Å². The fourth-order valence-electron chi connectivity index (χ4n) is 2.54. The average Bonchev–Trinajstić information content (AvgIpc) is 2.40. The lowest BCUT2D eigenvalue weighted by molar-refractivity contribution is 0.551. The molecule has 110 valence electrons. The van der Waals surface area contributed by atoms with Crippen molar-refractivity contribution in [3.63, 3.8) is 0 Å². The highest BCUT2D eigenvalue weighted by atomic mass is 15.2. The smallest absolute Gasteiger partial charge is 0.129 e. The molecule has 0 amide bonds. The quantitative estimate of drug-likeness (QED) is 0.834. The van der Waals surface area contributed by atoms with E-state index in [4.69, 9.17) is 4.98 Å². The van der Waals surface area contributed by atoms with E-state index in [-0.39, 0.29) is 0 Å². The van der Waals surface area contributed by atoms with Gasteiger partial charge in [0.1, 0.15) is 5.82 Å². The van der Waals surface area contributed by atoms with E-state index in [1.807, 2.05) is 0 Å². The lowest BCUT2D eigenvalue weighted by Gasteiger charge is -2.27. The summed E-state index contributed by atoms with van der Waals surface area (Å²) in [5.74, 6) is 1.80. The average molecular weight is 273 g/mol. The predicted molar refractivity (Wildman–Crippen MR) is 86.1 cm³/mol. The number of pyridine rings is 1. The molecule has 0 aromatic carbocycles. The van der Waals surface area contributed by atoms with E-state index in [1.54, 1.807) is 0 Å². The van der Waals surface area contributed by atoms with Crippen LogP contribution < -0.4 is 10.2 Å². The number of nitrogens with one attached hydrogen (secondary N) is 1. The largest absolute Gasteiger partial charge is 0.352 e. The maximum absolute atomic E-state index is 4.79. The lowest BCUT2D eigenvalue weighted by atomic mass is 10.1. The Morgan fingerprint density at radius 2 is 2.10 bits per heavy atom. The standard InChI is InChI=1S/C17H27N3/c1-13(2)10-18-11-16-7-8-17(19-15(16)4)20-9-5-6-14(3)12-20/h6-8,13,18H,5,9-12H2,1-4H3. The molecule has 3 nitrogen and oxygen atoms in total. The van der Waals surface area contributed by atoms with Crippen molar-refractivity contribution in [1.29, 1.82) is 0 Å². The normalized spacial score (nSPS) is 15.7. The fraction of sp³-hybridized carbons (Fsp3) is 0.588. The molecule has 1 N–H and O–H groups in total. The van der Waals surface area contributed by atoms with E-state index in [1.165, 1.54) is 11.1 Å². The molecule has 0 unspecified atom stereocenters. The van der Waals surface area contributed by atoms with Crippen molar-refractivity contribution in [2.75, 3.05) is 24.5 Å². The van der Waals surface area contributed by atoms with Crippen LogP contribution in [0.1, 0.15) is 38.4 Å². The first-order valence-electron chi connectivity index (χ1n) is 7.64. The Bertz CT molecular complexity index is 477. The molecule has 0 atom stereocenters. The maximum atomic E-state index is 4.79. The van der Waals surface area contributed by atoms with Gasteiger partial charge in [0.2, 0.25) is 0 Å². The summed E-state index contributed by atoms with van der Waals surface area (Å²) in [6.07, 6.45) is 3.46. The number of aromatic nitrogens is 1. The van der Waals surface area contributed by atoms with Crippen LogP contribution in [0.15, 0.2) is 23.8 Å². The minimum Gasteiger partial charge on any atom is -0.352 e. The molecule has 0 aliphatic carbocycles. The Morgan fingerprint density at radius 1 is 1.30 bits per heavy atom. The second-order valence-corrected chi connectivity index (χ2v) is 6.20. The second-order valence-electron chi connectivity index (χ2n) is 6.20. The second kappa shape index (κ2) is 6.89. The number of aryl methyl sites for hydroxylation is 1. The Balaban J connectivity index is 2.00. The van der Waals surface area contributed by atoms with Crippen LogP contribution in [-0.4, -0.2) is 24.6 Å². The van der Waals surface area contributed by atoms with Gasteiger partial charge in [-0.3, -0.25) is 0 Å². The van der Waals surface area contributed by atoms with E-state index in [2.05, 4.69) is 56.1 Å². The summed E-state index contributed by atoms with van der Waals surface area (Å²) < 4.78 is 0. The highest BCUT2D eigenvalue weighted by Gasteiger charge is 2.12. The van der Waals surface area contributed by atoms with Crippen molar-refractivity contribution >= 4 is 5.82 Å². The van der Waals surface area contributed by atoms with Crippen molar-refractivity contribution in [2.24, 2.45) is 5.92 Å². The summed E-state index contributed by atoms with van der Waals surface area (Å²) >= 11 is 0. The maximum Gasteiger partial charge on any atom is 0.129 e. The van der Waals surface area contributed by atoms with Crippen LogP contribution in [0, 0.1) is 12.8 Å². The molecule has 1 aliphatic heterocycles. The van der Waals surface area contributed by atoms with Crippen LogP contribution in [0.4, 0.5) is 5.82 Å². The number of anilines is 1. The minimum absolute atomic E-state index is 0.686. The summed E-state index contributed by atoms with van der Waals surface area (Å²) in [7, 11) is 0. The first kappa shape index (κ1) is 15.0. The van der Waals surface area contributed by atoms with E-state index in [0.717, 1.165) is 44.1 Å². The van der Waals surface area contributed by atoms with Crippen LogP contribution in [-0.2, 0) is 6.54 Å². The molecular formula is C17H27N3. The third kappa shape index (κ3) is 4.07. The van der Waals surface area contributed by atoms with Gasteiger partial charge in [0, 0.05) is 25.3 Å². The molecule has 2 rings (SSSR count). The minimum atomic E-state index is 0.686. The van der Waals surface area contributed by atoms with Gasteiger partial charge in [0.15, 0.2) is 0 Å². The zero-order valence-electron chi connectivity index (χ0n) is 13.2. The van der Waals surface area contributed by atoms with Gasteiger partial charge in [-0.05, 0) is 44.4 Å². The lowest BCUT2D eigenvalue weighted by Crippen LogP contribution is -2.30. The van der Waals surface area contributed by atoms with E-state index < -0.39 is 0 Å². The molecular weight excluding hydrogens is 246 g/mol. The van der Waals surface area contributed by atoms with Crippen molar-refractivity contribution in [3.8, 4) is 0 Å². The Kier molecular flexibility index (Phi) is 5.18. The van der Waals surface area contributed by atoms with Gasteiger partial charge in [-0.15, -0.1) is 0 Å². The summed E-state index contributed by atoms with van der Waals surface area (Å²) in [5, 5.41) is 3.49. The molecule has 20 heavy (non-hydrogen) atoms. The molecule has 1 aliphatic rings. The first-order valence-corrected chi connectivity index (χ1v) is 7.64. The zero-order chi connectivity index (χ0) is 14.5. The van der Waals surface area contributed by atoms with Crippen LogP contribution in [0.3, 0.4) is 0 Å². The van der Waals surface area contributed by atoms with Gasteiger partial charge in [-0.2, -0.15) is 0 Å². The summed E-state index contributed by atoms with van der Waals surface area (Å²) in [6.45, 7) is 12.8. The molecule has 0 saturated carbocycles. The molecule has 0 spiro atoms. The van der Waals surface area contributed by atoms with E-state index in [0.29, 0.717) is 5.92 Å². The van der Waals surface area contributed by atoms with E-state index in [9.17, 15) is 0 Å². The Hall–Kier alpha value is -1.35. The molecule has 2 heterocycles. The highest BCUT2D eigenvalue weighted by Crippen LogP contribution is 2.19. The molecule has 3 heteroatoms. The third-order valence-electron chi connectivity index (χ3n) is 3.70. The molecule has 0 bridgehead atoms. The van der Waals surface area contributed by atoms with Crippen LogP contribution in [0.25, 0.3) is 0 Å². The third-order valence-corrected chi connectivity index (χ3v) is 3.70. The Morgan fingerprint density at radius 3 is 2.75 bits per heavy atom. The van der Waals surface area contributed by atoms with Gasteiger partial charge in [-0.25, -0.2) is 4.98 Å². The molecule has 0 radical (unpaired) electrons. The van der Waals surface area contributed by atoms with Crippen LogP contribution >= 0.6 is 0 Å². The number of rotatable bonds is 5. The van der Waals surface area contributed by atoms with Crippen molar-refractivity contribution in [3.05, 3.63) is 35.0 Å². The predicted octanol–water partition coefficient (Wildman–Crippen LogP) is 3.29. The topological polar surface area (TPSA) is 28.2 Å². The number of hydrogen-bond donors (Lipinski definition) is 1. The highest BCUT2D eigenvalue weighted by molar-refractivity contribution is 5.44. The number of hydrogen-bond acceptors (Lipinski definition) is 3. The Labute approximate surface area is 123 Å². The zero-order valence-corrected chi connectivity index (χ0v) is 13.2. The molecule has 1 aromatic rings. The summed E-state index contributed by atoms with van der Waals surface area (Å²) in [6, 6.07) is 4.39. The molecule has 1 aromatic heterocycles. The van der Waals surface area contributed by atoms with Gasteiger partial charge in [0.25, 0.3) is 0 Å². The SMILES string of the molecule is CC1=CCCN(c2ccc(CNCC(C)C)c(C)n2)C1. The van der Waals surface area contributed by atoms with Gasteiger partial charge in [-0.1, -0.05) is 31.6 Å². The van der Waals surface area contributed by atoms with Crippen molar-refractivity contribution in [1.82, 2.24) is 10.3 Å². The van der Waals surface area contributed by atoms with Crippen LogP contribution in [0.5, 0.6) is 0 Å². The summed E-state index contributed by atoms with van der Waals surface area (Å²) in [4.78, 5) is 7.16. The molecule has 0 saturated heterocycles. The monoisotopic (exact) mass is 273 g/mol. The van der Waals surface area contributed by atoms with Crippen molar-refractivity contribution in [2.45, 2.75) is 40.7 Å². The van der Waals surface area contributed by atoms with Gasteiger partial charge in [0.05, 0.1) is 0 Å². The number of nitrogens with zero attached hydrogens (tertiary/aromatic N) is 2. The molecule has 0 fully saturated rings. The van der Waals surface area contributed by atoms with Gasteiger partial charge >= 0.3 is 0 Å². The first-order chi connectivity index (χ1) is 9.56. The van der Waals surface area contributed by atoms with E-state index >= 15 is 0 Å². The van der Waals surface area contributed by atoms with Crippen molar-refractivity contribution < 1.29 is 0 Å². The fourth-order valence-corrected chi connectivity index (χ4v) is 2.54. The summed E-state index contributed by atoms with van der Waals surface area (Å²) in [5.41, 5.74) is 3.89.